The number of alkyl halides is 3. The second kappa shape index (κ2) is 6.17. The SMILES string of the molecule is Cn1nncc1CNc1ccccc1SCC(F)(F)F. The quantitative estimate of drug-likeness (QED) is 0.862. The first kappa shape index (κ1) is 14.7. The summed E-state index contributed by atoms with van der Waals surface area (Å²) in [5.74, 6) is -0.904. The van der Waals surface area contributed by atoms with E-state index >= 15 is 0 Å². The number of hydrogen-bond donors (Lipinski definition) is 1. The smallest absolute Gasteiger partial charge is 0.378 e. The molecule has 0 saturated carbocycles. The van der Waals surface area contributed by atoms with Gasteiger partial charge in [0.1, 0.15) is 0 Å². The third kappa shape index (κ3) is 4.16. The normalized spacial score (nSPS) is 11.6. The van der Waals surface area contributed by atoms with Gasteiger partial charge in [-0.3, -0.25) is 4.68 Å². The molecular formula is C12H13F3N4S. The van der Waals surface area contributed by atoms with Crippen LogP contribution in [0.3, 0.4) is 0 Å². The molecule has 0 atom stereocenters. The Morgan fingerprint density at radius 3 is 2.70 bits per heavy atom. The van der Waals surface area contributed by atoms with Crippen molar-refractivity contribution in [1.29, 1.82) is 0 Å². The average molecular weight is 302 g/mol. The molecule has 1 N–H and O–H groups in total. The van der Waals surface area contributed by atoms with Gasteiger partial charge in [0.15, 0.2) is 0 Å². The molecule has 2 rings (SSSR count). The summed E-state index contributed by atoms with van der Waals surface area (Å²) < 4.78 is 38.4. The van der Waals surface area contributed by atoms with Gasteiger partial charge in [0, 0.05) is 17.6 Å². The molecule has 0 bridgehead atoms. The fourth-order valence-corrected chi connectivity index (χ4v) is 2.34. The highest BCUT2D eigenvalue weighted by Gasteiger charge is 2.27. The van der Waals surface area contributed by atoms with Gasteiger partial charge in [-0.2, -0.15) is 13.2 Å². The van der Waals surface area contributed by atoms with Crippen LogP contribution in [0.5, 0.6) is 0 Å². The fourth-order valence-electron chi connectivity index (χ4n) is 1.55. The van der Waals surface area contributed by atoms with Crippen molar-refractivity contribution in [1.82, 2.24) is 15.0 Å². The van der Waals surface area contributed by atoms with Crippen LogP contribution in [-0.2, 0) is 13.6 Å². The molecule has 8 heteroatoms. The number of aromatic nitrogens is 3. The number of anilines is 1. The molecule has 20 heavy (non-hydrogen) atoms. The molecule has 4 nitrogen and oxygen atoms in total. The van der Waals surface area contributed by atoms with Crippen LogP contribution in [0.1, 0.15) is 5.69 Å². The molecule has 0 spiro atoms. The minimum atomic E-state index is -4.18. The second-order valence-corrected chi connectivity index (χ2v) is 5.12. The van der Waals surface area contributed by atoms with Gasteiger partial charge >= 0.3 is 6.18 Å². The molecule has 0 unspecified atom stereocenters. The van der Waals surface area contributed by atoms with E-state index in [1.54, 1.807) is 42.2 Å². The number of nitrogens with zero attached hydrogens (tertiary/aromatic N) is 3. The highest BCUT2D eigenvalue weighted by atomic mass is 32.2. The number of benzene rings is 1. The van der Waals surface area contributed by atoms with Crippen molar-refractivity contribution in [3.8, 4) is 0 Å². The summed E-state index contributed by atoms with van der Waals surface area (Å²) >= 11 is 0.770. The Labute approximate surface area is 118 Å². The second-order valence-electron chi connectivity index (χ2n) is 4.10. The first-order chi connectivity index (χ1) is 9.46. The summed E-state index contributed by atoms with van der Waals surface area (Å²) in [6.45, 7) is 0.451. The summed E-state index contributed by atoms with van der Waals surface area (Å²) in [6, 6.07) is 6.92. The number of thioether (sulfide) groups is 1. The number of hydrogen-bond acceptors (Lipinski definition) is 4. The summed E-state index contributed by atoms with van der Waals surface area (Å²) in [7, 11) is 1.76. The molecule has 1 aromatic heterocycles. The van der Waals surface area contributed by atoms with Crippen LogP contribution in [-0.4, -0.2) is 26.9 Å². The third-order valence-electron chi connectivity index (χ3n) is 2.55. The van der Waals surface area contributed by atoms with Gasteiger partial charge in [-0.1, -0.05) is 17.3 Å². The lowest BCUT2D eigenvalue weighted by molar-refractivity contribution is -0.105. The van der Waals surface area contributed by atoms with Crippen molar-refractivity contribution in [2.24, 2.45) is 7.05 Å². The van der Waals surface area contributed by atoms with E-state index in [1.165, 1.54) is 0 Å². The highest BCUT2D eigenvalue weighted by Crippen LogP contribution is 2.32. The molecule has 0 saturated heterocycles. The predicted molar refractivity (Wildman–Crippen MR) is 71.6 cm³/mol. The molecular weight excluding hydrogens is 289 g/mol. The van der Waals surface area contributed by atoms with E-state index in [4.69, 9.17) is 0 Å². The molecule has 2 aromatic rings. The van der Waals surface area contributed by atoms with Crippen molar-refractivity contribution < 1.29 is 13.2 Å². The number of aryl methyl sites for hydroxylation is 1. The average Bonchev–Trinajstić information content (AvgIpc) is 2.79. The first-order valence-electron chi connectivity index (χ1n) is 5.82. The van der Waals surface area contributed by atoms with E-state index in [2.05, 4.69) is 15.6 Å². The Hall–Kier alpha value is -1.70. The van der Waals surface area contributed by atoms with Gasteiger partial charge < -0.3 is 5.32 Å². The molecule has 0 radical (unpaired) electrons. The van der Waals surface area contributed by atoms with E-state index in [0.29, 0.717) is 17.1 Å². The number of para-hydroxylation sites is 1. The lowest BCUT2D eigenvalue weighted by atomic mass is 10.3. The maximum atomic E-state index is 12.3. The summed E-state index contributed by atoms with van der Waals surface area (Å²) in [4.78, 5) is 0.569. The van der Waals surface area contributed by atoms with E-state index < -0.39 is 11.9 Å². The van der Waals surface area contributed by atoms with Gasteiger partial charge in [-0.15, -0.1) is 16.9 Å². The zero-order chi connectivity index (χ0) is 14.6. The van der Waals surface area contributed by atoms with Gasteiger partial charge in [0.2, 0.25) is 0 Å². The van der Waals surface area contributed by atoms with E-state index in [-0.39, 0.29) is 0 Å². The summed E-state index contributed by atoms with van der Waals surface area (Å²) in [5, 5.41) is 10.6. The maximum absolute atomic E-state index is 12.3. The molecule has 0 aliphatic carbocycles. The standard InChI is InChI=1S/C12H13F3N4S/c1-19-9(7-17-18-19)6-16-10-4-2-3-5-11(10)20-8-12(13,14)15/h2-5,7,16H,6,8H2,1H3. The van der Waals surface area contributed by atoms with Crippen LogP contribution < -0.4 is 5.32 Å². The number of halogens is 3. The van der Waals surface area contributed by atoms with E-state index in [1.807, 2.05) is 0 Å². The lowest BCUT2D eigenvalue weighted by Crippen LogP contribution is -2.11. The minimum absolute atomic E-state index is 0.451. The largest absolute Gasteiger partial charge is 0.398 e. The van der Waals surface area contributed by atoms with Gasteiger partial charge in [-0.25, -0.2) is 0 Å². The monoisotopic (exact) mass is 302 g/mol. The van der Waals surface area contributed by atoms with Crippen LogP contribution in [0.25, 0.3) is 0 Å². The molecule has 0 fully saturated rings. The van der Waals surface area contributed by atoms with Crippen molar-refractivity contribution in [2.45, 2.75) is 17.6 Å². The van der Waals surface area contributed by atoms with Crippen LogP contribution >= 0.6 is 11.8 Å². The first-order valence-corrected chi connectivity index (χ1v) is 6.80. The van der Waals surface area contributed by atoms with Crippen LogP contribution in [0.4, 0.5) is 18.9 Å². The van der Waals surface area contributed by atoms with Crippen molar-refractivity contribution >= 4 is 17.4 Å². The van der Waals surface area contributed by atoms with Gasteiger partial charge in [-0.05, 0) is 12.1 Å². The molecule has 1 aromatic carbocycles. The summed E-state index contributed by atoms with van der Waals surface area (Å²) in [6.07, 6.45) is -2.57. The Bertz CT molecular complexity index is 568. The Balaban J connectivity index is 2.02. The van der Waals surface area contributed by atoms with Crippen molar-refractivity contribution in [2.75, 3.05) is 11.1 Å². The minimum Gasteiger partial charge on any atom is -0.378 e. The zero-order valence-electron chi connectivity index (χ0n) is 10.7. The molecule has 0 aliphatic heterocycles. The molecule has 1 heterocycles. The fraction of sp³-hybridized carbons (Fsp3) is 0.333. The molecule has 108 valence electrons. The predicted octanol–water partition coefficient (Wildman–Crippen LogP) is 3.08. The van der Waals surface area contributed by atoms with Crippen LogP contribution in [0.2, 0.25) is 0 Å². The highest BCUT2D eigenvalue weighted by molar-refractivity contribution is 7.99. The number of rotatable bonds is 5. The Morgan fingerprint density at radius 1 is 1.30 bits per heavy atom. The van der Waals surface area contributed by atoms with Crippen molar-refractivity contribution in [3.63, 3.8) is 0 Å². The van der Waals surface area contributed by atoms with Crippen LogP contribution in [0, 0.1) is 0 Å². The van der Waals surface area contributed by atoms with E-state index in [0.717, 1.165) is 17.5 Å². The molecule has 0 amide bonds. The maximum Gasteiger partial charge on any atom is 0.398 e. The zero-order valence-corrected chi connectivity index (χ0v) is 11.5. The van der Waals surface area contributed by atoms with Crippen molar-refractivity contribution in [3.05, 3.63) is 36.2 Å². The summed E-state index contributed by atoms with van der Waals surface area (Å²) in [5.41, 5.74) is 1.52. The third-order valence-corrected chi connectivity index (χ3v) is 3.69. The van der Waals surface area contributed by atoms with Gasteiger partial charge in [0.05, 0.1) is 24.2 Å². The Morgan fingerprint density at radius 2 is 2.05 bits per heavy atom. The lowest BCUT2D eigenvalue weighted by Gasteiger charge is -2.12. The van der Waals surface area contributed by atoms with Gasteiger partial charge in [0.25, 0.3) is 0 Å². The Kier molecular flexibility index (Phi) is 4.53. The topological polar surface area (TPSA) is 42.7 Å². The van der Waals surface area contributed by atoms with Crippen LogP contribution in [0.15, 0.2) is 35.4 Å². The van der Waals surface area contributed by atoms with E-state index in [9.17, 15) is 13.2 Å². The number of nitrogens with one attached hydrogen (secondary N) is 1. The molecule has 0 aliphatic rings.